The van der Waals surface area contributed by atoms with Crippen molar-refractivity contribution >= 4 is 58.2 Å². The predicted octanol–water partition coefficient (Wildman–Crippen LogP) is 3.74. The second-order valence-electron chi connectivity index (χ2n) is 5.26. The van der Waals surface area contributed by atoms with E-state index in [1.807, 2.05) is 18.2 Å². The number of carbonyl (C=O) groups excluding carboxylic acids is 1. The van der Waals surface area contributed by atoms with E-state index in [4.69, 9.17) is 5.11 Å². The van der Waals surface area contributed by atoms with Crippen LogP contribution in [0.4, 0.5) is 0 Å². The molecule has 0 saturated heterocycles. The van der Waals surface area contributed by atoms with Crippen LogP contribution < -0.4 is 0 Å². The molecule has 0 amide bonds. The molecule has 0 atom stereocenters. The number of aliphatic hydroxyl groups excluding tert-OH is 1. The highest BCUT2D eigenvalue weighted by Gasteiger charge is 2.05. The predicted molar refractivity (Wildman–Crippen MR) is 100 cm³/mol. The molecule has 0 saturated carbocycles. The summed E-state index contributed by atoms with van der Waals surface area (Å²) < 4.78 is 0.928. The molecule has 1 aromatic rings. The molecule has 0 aliphatic rings. The number of alkyl halides is 2. The first kappa shape index (κ1) is 20.5. The summed E-state index contributed by atoms with van der Waals surface area (Å²) in [5, 5.41) is 9.99. The molecular weight excluding hydrogens is 501 g/mol. The topological polar surface area (TPSA) is 37.3 Å². The zero-order valence-electron chi connectivity index (χ0n) is 12.0. The molecule has 1 rings (SSSR count). The zero-order chi connectivity index (χ0) is 15.8. The highest BCUT2D eigenvalue weighted by atomic mass is 127. The molecule has 1 N–H and O–H groups in total. The third-order valence-corrected chi connectivity index (χ3v) is 4.32. The third kappa shape index (κ3) is 8.71. The van der Waals surface area contributed by atoms with Crippen molar-refractivity contribution < 1.29 is 14.4 Å². The second kappa shape index (κ2) is 10.3. The molecule has 20 heavy (non-hydrogen) atoms. The van der Waals surface area contributed by atoms with Crippen LogP contribution in [0.1, 0.15) is 21.5 Å². The van der Waals surface area contributed by atoms with Crippen molar-refractivity contribution in [2.45, 2.75) is 10.7 Å². The van der Waals surface area contributed by atoms with Gasteiger partial charge in [-0.05, 0) is 17.2 Å². The summed E-state index contributed by atoms with van der Waals surface area (Å²) in [6.07, 6.45) is 0. The van der Waals surface area contributed by atoms with Crippen LogP contribution in [0, 0.1) is 0 Å². The fraction of sp³-hybridized carbons (Fsp3) is 0.500. The standard InChI is InChI=1S/C9H7Br2IO.C5H14NO/c10-4-7-2-1-6(9(12)13)3-8(7)5-11;1-6(2,3)4-5-7/h1-3H,4-5H2;7H,4-5H2,1-3H3/q;+1. The molecule has 0 unspecified atom stereocenters. The first-order valence-electron chi connectivity index (χ1n) is 6.10. The molecule has 1 aromatic carbocycles. The Morgan fingerprint density at radius 1 is 1.20 bits per heavy atom. The van der Waals surface area contributed by atoms with Gasteiger partial charge in [-0.3, -0.25) is 4.79 Å². The lowest BCUT2D eigenvalue weighted by Crippen LogP contribution is -2.36. The first-order valence-corrected chi connectivity index (χ1v) is 9.42. The maximum Gasteiger partial charge on any atom is 0.222 e. The highest BCUT2D eigenvalue weighted by molar-refractivity contribution is 14.1. The van der Waals surface area contributed by atoms with E-state index in [1.165, 1.54) is 11.1 Å². The second-order valence-corrected chi connectivity index (χ2v) is 7.36. The maximum atomic E-state index is 11.1. The normalized spacial score (nSPS) is 10.8. The quantitative estimate of drug-likeness (QED) is 0.277. The summed E-state index contributed by atoms with van der Waals surface area (Å²) in [4.78, 5) is 11.1. The molecule has 0 aliphatic carbocycles. The van der Waals surface area contributed by atoms with Crippen LogP contribution in [0.5, 0.6) is 0 Å². The molecular formula is C14H21Br2INO2+. The Bertz CT molecular complexity index is 434. The molecule has 0 spiro atoms. The van der Waals surface area contributed by atoms with Gasteiger partial charge in [-0.2, -0.15) is 0 Å². The van der Waals surface area contributed by atoms with Gasteiger partial charge in [0.25, 0.3) is 0 Å². The first-order chi connectivity index (χ1) is 9.25. The van der Waals surface area contributed by atoms with Crippen LogP contribution in [0.3, 0.4) is 0 Å². The minimum Gasteiger partial charge on any atom is -0.391 e. The number of benzene rings is 1. The summed E-state index contributed by atoms with van der Waals surface area (Å²) in [5.74, 6) is 0. The number of aliphatic hydroxyl groups is 1. The summed E-state index contributed by atoms with van der Waals surface area (Å²) >= 11 is 8.60. The summed E-state index contributed by atoms with van der Waals surface area (Å²) in [6, 6.07) is 5.77. The van der Waals surface area contributed by atoms with Gasteiger partial charge in [-0.1, -0.05) is 44.0 Å². The minimum atomic E-state index is 0.0842. The third-order valence-electron chi connectivity index (χ3n) is 2.49. The molecule has 3 nitrogen and oxygen atoms in total. The minimum absolute atomic E-state index is 0.0842. The maximum absolute atomic E-state index is 11.1. The van der Waals surface area contributed by atoms with Crippen LogP contribution in [-0.4, -0.2) is 47.7 Å². The number of hydrogen-bond acceptors (Lipinski definition) is 2. The molecule has 0 aromatic heterocycles. The number of rotatable bonds is 5. The monoisotopic (exact) mass is 520 g/mol. The molecule has 0 heterocycles. The Morgan fingerprint density at radius 2 is 1.75 bits per heavy atom. The van der Waals surface area contributed by atoms with Gasteiger partial charge < -0.3 is 9.59 Å². The molecule has 114 valence electrons. The van der Waals surface area contributed by atoms with E-state index in [1.54, 1.807) is 22.6 Å². The Kier molecular flexibility index (Phi) is 10.5. The van der Waals surface area contributed by atoms with Crippen molar-refractivity contribution in [2.24, 2.45) is 0 Å². The van der Waals surface area contributed by atoms with Gasteiger partial charge in [0.05, 0.1) is 27.7 Å². The molecule has 0 bridgehead atoms. The van der Waals surface area contributed by atoms with E-state index in [0.717, 1.165) is 27.3 Å². The molecule has 0 fully saturated rings. The average Bonchev–Trinajstić information content (AvgIpc) is 2.37. The van der Waals surface area contributed by atoms with Crippen molar-refractivity contribution in [1.29, 1.82) is 0 Å². The van der Waals surface area contributed by atoms with E-state index in [2.05, 4.69) is 53.0 Å². The summed E-state index contributed by atoms with van der Waals surface area (Å²) in [6.45, 7) is 1.11. The SMILES string of the molecule is C[N+](C)(C)CCO.O=C(I)c1ccc(CBr)c(CBr)c1. The van der Waals surface area contributed by atoms with Crippen molar-refractivity contribution in [3.8, 4) is 0 Å². The smallest absolute Gasteiger partial charge is 0.222 e. The van der Waals surface area contributed by atoms with E-state index >= 15 is 0 Å². The zero-order valence-corrected chi connectivity index (χ0v) is 17.3. The van der Waals surface area contributed by atoms with Gasteiger partial charge >= 0.3 is 0 Å². The van der Waals surface area contributed by atoms with Crippen molar-refractivity contribution in [2.75, 3.05) is 34.3 Å². The van der Waals surface area contributed by atoms with Gasteiger partial charge in [-0.25, -0.2) is 0 Å². The number of carbonyl (C=O) groups is 1. The molecule has 0 aliphatic heterocycles. The van der Waals surface area contributed by atoms with Gasteiger partial charge in [0.15, 0.2) is 0 Å². The molecule has 6 heteroatoms. The van der Waals surface area contributed by atoms with Crippen LogP contribution in [0.2, 0.25) is 0 Å². The lowest BCUT2D eigenvalue weighted by Gasteiger charge is -2.21. The van der Waals surface area contributed by atoms with E-state index < -0.39 is 0 Å². The van der Waals surface area contributed by atoms with Crippen LogP contribution in [0.15, 0.2) is 18.2 Å². The Balaban J connectivity index is 0.000000441. The van der Waals surface area contributed by atoms with Crippen LogP contribution >= 0.6 is 54.5 Å². The fourth-order valence-corrected chi connectivity index (χ4v) is 2.71. The highest BCUT2D eigenvalue weighted by Crippen LogP contribution is 2.19. The van der Waals surface area contributed by atoms with Gasteiger partial charge in [-0.15, -0.1) is 0 Å². The van der Waals surface area contributed by atoms with E-state index in [-0.39, 0.29) is 10.4 Å². The number of halogens is 3. The number of quaternary nitrogens is 1. The Labute approximate surface area is 151 Å². The van der Waals surface area contributed by atoms with Gasteiger partial charge in [0.2, 0.25) is 3.79 Å². The number of hydrogen-bond donors (Lipinski definition) is 1. The van der Waals surface area contributed by atoms with Crippen LogP contribution in [0.25, 0.3) is 0 Å². The average molecular weight is 522 g/mol. The lowest BCUT2D eigenvalue weighted by molar-refractivity contribution is -0.870. The van der Waals surface area contributed by atoms with Crippen LogP contribution in [-0.2, 0) is 10.7 Å². The summed E-state index contributed by atoms with van der Waals surface area (Å²) in [5.41, 5.74) is 3.15. The Hall–Kier alpha value is 0.500. The number of nitrogens with zero attached hydrogens (tertiary/aromatic N) is 1. The largest absolute Gasteiger partial charge is 0.391 e. The van der Waals surface area contributed by atoms with Crippen molar-refractivity contribution in [3.05, 3.63) is 34.9 Å². The van der Waals surface area contributed by atoms with E-state index in [9.17, 15) is 4.79 Å². The fourth-order valence-electron chi connectivity index (χ4n) is 1.30. The van der Waals surface area contributed by atoms with Gasteiger partial charge in [0.1, 0.15) is 6.54 Å². The lowest BCUT2D eigenvalue weighted by atomic mass is 10.1. The number of likely N-dealkylation sites (N-methyl/N-ethyl adjacent to an activating group) is 1. The van der Waals surface area contributed by atoms with Gasteiger partial charge in [0, 0.05) is 38.8 Å². The van der Waals surface area contributed by atoms with Crippen molar-refractivity contribution in [1.82, 2.24) is 0 Å². The summed E-state index contributed by atoms with van der Waals surface area (Å²) in [7, 11) is 6.16. The van der Waals surface area contributed by atoms with Crippen molar-refractivity contribution in [3.63, 3.8) is 0 Å². The van der Waals surface area contributed by atoms with E-state index in [0.29, 0.717) is 0 Å². The Morgan fingerprint density at radius 3 is 2.05 bits per heavy atom. The molecule has 0 radical (unpaired) electrons.